The van der Waals surface area contributed by atoms with Crippen molar-refractivity contribution in [3.05, 3.63) is 58.1 Å². The van der Waals surface area contributed by atoms with Gasteiger partial charge in [-0.15, -0.1) is 0 Å². The number of fused-ring (bicyclic) bond motifs is 1. The molecule has 1 N–H and O–H groups in total. The van der Waals surface area contributed by atoms with Crippen LogP contribution in [-0.4, -0.2) is 56.2 Å². The Kier molecular flexibility index (Phi) is 6.66. The third-order valence-electron chi connectivity index (χ3n) is 5.16. The van der Waals surface area contributed by atoms with E-state index in [1.54, 1.807) is 12.1 Å². The van der Waals surface area contributed by atoms with Gasteiger partial charge in [0.25, 0.3) is 5.91 Å². The van der Waals surface area contributed by atoms with Gasteiger partial charge in [-0.3, -0.25) is 19.4 Å². The van der Waals surface area contributed by atoms with Gasteiger partial charge in [0.2, 0.25) is 5.91 Å². The minimum absolute atomic E-state index is 0.0374. The van der Waals surface area contributed by atoms with Crippen molar-refractivity contribution in [2.75, 3.05) is 44.4 Å². The molecule has 2 aliphatic rings. The molecule has 0 radical (unpaired) electrons. The molecule has 2 aliphatic heterocycles. The Morgan fingerprint density at radius 1 is 1.10 bits per heavy atom. The predicted octanol–water partition coefficient (Wildman–Crippen LogP) is 2.32. The summed E-state index contributed by atoms with van der Waals surface area (Å²) in [6.07, 6.45) is 0. The van der Waals surface area contributed by atoms with Gasteiger partial charge in [-0.05, 0) is 29.3 Å². The number of anilines is 1. The Morgan fingerprint density at radius 3 is 2.73 bits per heavy atom. The quantitative estimate of drug-likeness (QED) is 0.696. The van der Waals surface area contributed by atoms with E-state index in [1.807, 2.05) is 18.2 Å². The van der Waals surface area contributed by atoms with Gasteiger partial charge in [0.05, 0.1) is 18.9 Å². The molecule has 1 fully saturated rings. The van der Waals surface area contributed by atoms with E-state index < -0.39 is 0 Å². The Hall–Kier alpha value is -2.42. The molecule has 0 atom stereocenters. The molecule has 0 unspecified atom stereocenters. The zero-order valence-electron chi connectivity index (χ0n) is 16.6. The second kappa shape index (κ2) is 9.59. The number of hydrogen-bond acceptors (Lipinski definition) is 5. The van der Waals surface area contributed by atoms with Gasteiger partial charge in [-0.1, -0.05) is 40.2 Å². The van der Waals surface area contributed by atoms with Crippen molar-refractivity contribution >= 4 is 33.4 Å². The first-order valence-corrected chi connectivity index (χ1v) is 10.7. The highest BCUT2D eigenvalue weighted by molar-refractivity contribution is 9.10. The summed E-state index contributed by atoms with van der Waals surface area (Å²) in [6, 6.07) is 13.6. The van der Waals surface area contributed by atoms with Crippen LogP contribution in [0.4, 0.5) is 5.69 Å². The number of nitrogens with one attached hydrogen (secondary N) is 1. The minimum Gasteiger partial charge on any atom is -0.482 e. The summed E-state index contributed by atoms with van der Waals surface area (Å²) in [4.78, 5) is 28.6. The number of hydrogen-bond donors (Lipinski definition) is 1. The van der Waals surface area contributed by atoms with Gasteiger partial charge >= 0.3 is 0 Å². The standard InChI is InChI=1S/C22H24BrN3O4/c23-18-4-5-19-20(11-18)30-15-22(28)26(19)14-21(27)24-12-16-2-1-3-17(10-16)13-25-6-8-29-9-7-25/h1-5,10-11H,6-9,12-15H2,(H,24,27). The van der Waals surface area contributed by atoms with Gasteiger partial charge in [-0.25, -0.2) is 0 Å². The molecule has 8 heteroatoms. The molecule has 30 heavy (non-hydrogen) atoms. The molecule has 158 valence electrons. The van der Waals surface area contributed by atoms with E-state index in [-0.39, 0.29) is 25.0 Å². The lowest BCUT2D eigenvalue weighted by molar-refractivity contribution is -0.125. The lowest BCUT2D eigenvalue weighted by atomic mass is 10.1. The second-order valence-corrected chi connectivity index (χ2v) is 8.28. The van der Waals surface area contributed by atoms with E-state index >= 15 is 0 Å². The third-order valence-corrected chi connectivity index (χ3v) is 5.65. The topological polar surface area (TPSA) is 71.1 Å². The first-order valence-electron chi connectivity index (χ1n) is 9.96. The Bertz CT molecular complexity index is 930. The maximum Gasteiger partial charge on any atom is 0.265 e. The Balaban J connectivity index is 1.34. The van der Waals surface area contributed by atoms with E-state index in [0.717, 1.165) is 42.9 Å². The van der Waals surface area contributed by atoms with Crippen LogP contribution in [0.1, 0.15) is 11.1 Å². The number of carbonyl (C=O) groups is 2. The van der Waals surface area contributed by atoms with Crippen LogP contribution < -0.4 is 15.0 Å². The molecule has 0 bridgehead atoms. The molecule has 2 heterocycles. The first-order chi connectivity index (χ1) is 14.6. The molecule has 4 rings (SSSR count). The predicted molar refractivity (Wildman–Crippen MR) is 116 cm³/mol. The van der Waals surface area contributed by atoms with E-state index in [9.17, 15) is 9.59 Å². The molecule has 0 saturated carbocycles. The first kappa shape index (κ1) is 20.8. The minimum atomic E-state index is -0.229. The van der Waals surface area contributed by atoms with Crippen molar-refractivity contribution in [1.29, 1.82) is 0 Å². The number of benzene rings is 2. The smallest absolute Gasteiger partial charge is 0.265 e. The highest BCUT2D eigenvalue weighted by atomic mass is 79.9. The van der Waals surface area contributed by atoms with Crippen molar-refractivity contribution in [2.24, 2.45) is 0 Å². The summed E-state index contributed by atoms with van der Waals surface area (Å²) in [5, 5.41) is 2.92. The summed E-state index contributed by atoms with van der Waals surface area (Å²) >= 11 is 3.39. The molecular formula is C22H24BrN3O4. The lowest BCUT2D eigenvalue weighted by Gasteiger charge is -2.29. The maximum absolute atomic E-state index is 12.5. The fourth-order valence-corrected chi connectivity index (χ4v) is 3.95. The number of rotatable bonds is 6. The van der Waals surface area contributed by atoms with Crippen LogP contribution in [0.2, 0.25) is 0 Å². The fraction of sp³-hybridized carbons (Fsp3) is 0.364. The van der Waals surface area contributed by atoms with Crippen LogP contribution in [0.3, 0.4) is 0 Å². The van der Waals surface area contributed by atoms with Crippen molar-refractivity contribution in [2.45, 2.75) is 13.1 Å². The molecule has 7 nitrogen and oxygen atoms in total. The van der Waals surface area contributed by atoms with Crippen LogP contribution in [0, 0.1) is 0 Å². The molecule has 2 aromatic carbocycles. The molecule has 1 saturated heterocycles. The highest BCUT2D eigenvalue weighted by Crippen LogP contribution is 2.34. The van der Waals surface area contributed by atoms with Gasteiger partial charge in [0.15, 0.2) is 6.61 Å². The summed E-state index contributed by atoms with van der Waals surface area (Å²) in [5.74, 6) is 0.151. The Morgan fingerprint density at radius 2 is 1.90 bits per heavy atom. The highest BCUT2D eigenvalue weighted by Gasteiger charge is 2.27. The number of morpholine rings is 1. The van der Waals surface area contributed by atoms with E-state index in [1.165, 1.54) is 10.5 Å². The summed E-state index contributed by atoms with van der Waals surface area (Å²) in [5.41, 5.74) is 2.86. The average Bonchev–Trinajstić information content (AvgIpc) is 2.75. The van der Waals surface area contributed by atoms with E-state index in [2.05, 4.69) is 38.3 Å². The summed E-state index contributed by atoms with van der Waals surface area (Å²) in [7, 11) is 0. The second-order valence-electron chi connectivity index (χ2n) is 7.37. The SMILES string of the molecule is O=C(CN1C(=O)COc2cc(Br)ccc21)NCc1cccc(CN2CCOCC2)c1. The molecule has 0 spiro atoms. The van der Waals surface area contributed by atoms with Gasteiger partial charge in [-0.2, -0.15) is 0 Å². The molecule has 0 aliphatic carbocycles. The normalized spacial score (nSPS) is 16.7. The molecule has 2 aromatic rings. The monoisotopic (exact) mass is 473 g/mol. The number of carbonyl (C=O) groups excluding carboxylic acids is 2. The van der Waals surface area contributed by atoms with Crippen molar-refractivity contribution in [3.63, 3.8) is 0 Å². The lowest BCUT2D eigenvalue weighted by Crippen LogP contribution is -2.45. The van der Waals surface area contributed by atoms with Crippen LogP contribution >= 0.6 is 15.9 Å². The third kappa shape index (κ3) is 5.19. The van der Waals surface area contributed by atoms with Crippen LogP contribution in [-0.2, 0) is 27.4 Å². The largest absolute Gasteiger partial charge is 0.482 e. The average molecular weight is 474 g/mol. The van der Waals surface area contributed by atoms with Gasteiger partial charge in [0, 0.05) is 30.7 Å². The number of amides is 2. The fourth-order valence-electron chi connectivity index (χ4n) is 3.61. The molecular weight excluding hydrogens is 450 g/mol. The summed E-state index contributed by atoms with van der Waals surface area (Å²) < 4.78 is 11.7. The van der Waals surface area contributed by atoms with Crippen molar-refractivity contribution < 1.29 is 19.1 Å². The van der Waals surface area contributed by atoms with Crippen molar-refractivity contribution in [1.82, 2.24) is 10.2 Å². The van der Waals surface area contributed by atoms with Crippen LogP contribution in [0.15, 0.2) is 46.9 Å². The van der Waals surface area contributed by atoms with Crippen LogP contribution in [0.5, 0.6) is 5.75 Å². The number of ether oxygens (including phenoxy) is 2. The number of nitrogens with zero attached hydrogens (tertiary/aromatic N) is 2. The Labute approximate surface area is 184 Å². The van der Waals surface area contributed by atoms with Gasteiger partial charge < -0.3 is 14.8 Å². The molecule has 2 amide bonds. The van der Waals surface area contributed by atoms with Gasteiger partial charge in [0.1, 0.15) is 12.3 Å². The number of halogens is 1. The summed E-state index contributed by atoms with van der Waals surface area (Å²) in [6.45, 7) is 4.61. The van der Waals surface area contributed by atoms with Crippen molar-refractivity contribution in [3.8, 4) is 5.75 Å². The zero-order chi connectivity index (χ0) is 20.9. The molecule has 0 aromatic heterocycles. The van der Waals surface area contributed by atoms with E-state index in [4.69, 9.17) is 9.47 Å². The maximum atomic E-state index is 12.5. The zero-order valence-corrected chi connectivity index (χ0v) is 18.2. The van der Waals surface area contributed by atoms with E-state index in [0.29, 0.717) is 18.0 Å². The van der Waals surface area contributed by atoms with Crippen LogP contribution in [0.25, 0.3) is 0 Å².